The van der Waals surface area contributed by atoms with Crippen molar-refractivity contribution in [1.29, 1.82) is 0 Å². The van der Waals surface area contributed by atoms with Gasteiger partial charge in [-0.2, -0.15) is 0 Å². The summed E-state index contributed by atoms with van der Waals surface area (Å²) in [5.74, 6) is 0. The normalized spacial score (nSPS) is 11.6. The number of oxime groups is 1. The molecule has 0 aliphatic rings. The summed E-state index contributed by atoms with van der Waals surface area (Å²) in [6.07, 6.45) is 1.56. The van der Waals surface area contributed by atoms with Gasteiger partial charge in [-0.15, -0.1) is 0 Å². The molecular formula is C6H4BrClN2O. The van der Waals surface area contributed by atoms with Crippen molar-refractivity contribution in [2.75, 3.05) is 0 Å². The number of nitrogens with zero attached hydrogens (tertiary/aromatic N) is 2. The van der Waals surface area contributed by atoms with Crippen molar-refractivity contribution < 1.29 is 5.21 Å². The Morgan fingerprint density at radius 2 is 2.45 bits per heavy atom. The highest BCUT2D eigenvalue weighted by atomic mass is 79.9. The monoisotopic (exact) mass is 234 g/mol. The fraction of sp³-hybridized carbons (Fsp3) is 0. The van der Waals surface area contributed by atoms with Gasteiger partial charge in [0.15, 0.2) is 5.17 Å². The van der Waals surface area contributed by atoms with E-state index >= 15 is 0 Å². The average molecular weight is 235 g/mol. The van der Waals surface area contributed by atoms with Crippen LogP contribution in [0.2, 0.25) is 0 Å². The van der Waals surface area contributed by atoms with Crippen LogP contribution in [0, 0.1) is 0 Å². The van der Waals surface area contributed by atoms with Crippen molar-refractivity contribution in [3.05, 3.63) is 28.5 Å². The van der Waals surface area contributed by atoms with Crippen LogP contribution in [0.4, 0.5) is 0 Å². The molecule has 0 aliphatic carbocycles. The Balaban J connectivity index is 3.06. The Hall–Kier alpha value is -0.610. The van der Waals surface area contributed by atoms with E-state index in [4.69, 9.17) is 16.8 Å². The second-order valence-corrected chi connectivity index (χ2v) is 2.93. The SMILES string of the molecule is O/N=C(/Cl)c1ccnc(Br)c1. The van der Waals surface area contributed by atoms with Gasteiger partial charge in [0, 0.05) is 11.8 Å². The quantitative estimate of drug-likeness (QED) is 0.351. The molecule has 58 valence electrons. The lowest BCUT2D eigenvalue weighted by atomic mass is 10.3. The van der Waals surface area contributed by atoms with Gasteiger partial charge in [0.1, 0.15) is 4.60 Å². The number of hydrogen-bond donors (Lipinski definition) is 1. The maximum Gasteiger partial charge on any atom is 0.175 e. The third-order valence-corrected chi connectivity index (χ3v) is 1.78. The maximum absolute atomic E-state index is 8.30. The average Bonchev–Trinajstić information content (AvgIpc) is 2.03. The molecule has 0 spiro atoms. The Bertz CT molecular complexity index is 290. The van der Waals surface area contributed by atoms with Crippen LogP contribution in [0.15, 0.2) is 28.1 Å². The second-order valence-electron chi connectivity index (χ2n) is 1.76. The lowest BCUT2D eigenvalue weighted by Crippen LogP contribution is -1.91. The maximum atomic E-state index is 8.30. The molecule has 0 bridgehead atoms. The van der Waals surface area contributed by atoms with Crippen LogP contribution >= 0.6 is 27.5 Å². The predicted molar refractivity (Wildman–Crippen MR) is 46.1 cm³/mol. The number of aromatic nitrogens is 1. The van der Waals surface area contributed by atoms with Crippen LogP contribution in [0.3, 0.4) is 0 Å². The van der Waals surface area contributed by atoms with Crippen molar-refractivity contribution >= 4 is 32.7 Å². The first-order valence-electron chi connectivity index (χ1n) is 2.73. The predicted octanol–water partition coefficient (Wildman–Crippen LogP) is 2.22. The summed E-state index contributed by atoms with van der Waals surface area (Å²) in [7, 11) is 0. The Kier molecular flexibility index (Phi) is 2.84. The molecule has 1 aromatic rings. The zero-order valence-corrected chi connectivity index (χ0v) is 7.67. The largest absolute Gasteiger partial charge is 0.410 e. The smallest absolute Gasteiger partial charge is 0.175 e. The molecule has 0 saturated heterocycles. The van der Waals surface area contributed by atoms with Gasteiger partial charge in [0.2, 0.25) is 0 Å². The first kappa shape index (κ1) is 8.49. The Morgan fingerprint density at radius 1 is 1.73 bits per heavy atom. The van der Waals surface area contributed by atoms with Gasteiger partial charge in [-0.05, 0) is 28.1 Å². The van der Waals surface area contributed by atoms with Gasteiger partial charge in [0.05, 0.1) is 0 Å². The third-order valence-electron chi connectivity index (χ3n) is 1.05. The highest BCUT2D eigenvalue weighted by Gasteiger charge is 1.99. The molecule has 1 N–H and O–H groups in total. The summed E-state index contributed by atoms with van der Waals surface area (Å²) in [6, 6.07) is 3.30. The summed E-state index contributed by atoms with van der Waals surface area (Å²) in [6.45, 7) is 0. The van der Waals surface area contributed by atoms with Crippen LogP contribution in [0.25, 0.3) is 0 Å². The Labute approximate surface area is 76.8 Å². The van der Waals surface area contributed by atoms with Gasteiger partial charge in [-0.1, -0.05) is 16.8 Å². The highest BCUT2D eigenvalue weighted by Crippen LogP contribution is 2.10. The molecule has 0 radical (unpaired) electrons. The molecule has 1 heterocycles. The molecule has 0 unspecified atom stereocenters. The first-order chi connectivity index (χ1) is 5.24. The summed E-state index contributed by atoms with van der Waals surface area (Å²) in [5.41, 5.74) is 0.621. The number of pyridine rings is 1. The summed E-state index contributed by atoms with van der Waals surface area (Å²) in [4.78, 5) is 3.88. The zero-order chi connectivity index (χ0) is 8.27. The molecule has 5 heteroatoms. The van der Waals surface area contributed by atoms with Gasteiger partial charge in [-0.3, -0.25) is 0 Å². The first-order valence-corrected chi connectivity index (χ1v) is 3.90. The van der Waals surface area contributed by atoms with Crippen molar-refractivity contribution in [2.24, 2.45) is 5.16 Å². The zero-order valence-electron chi connectivity index (χ0n) is 5.33. The van der Waals surface area contributed by atoms with Crippen molar-refractivity contribution in [1.82, 2.24) is 4.98 Å². The van der Waals surface area contributed by atoms with Gasteiger partial charge in [-0.25, -0.2) is 4.98 Å². The molecule has 0 fully saturated rings. The van der Waals surface area contributed by atoms with E-state index in [9.17, 15) is 0 Å². The molecule has 0 atom stereocenters. The molecule has 3 nitrogen and oxygen atoms in total. The van der Waals surface area contributed by atoms with E-state index in [2.05, 4.69) is 26.1 Å². The molecular weight excluding hydrogens is 231 g/mol. The Morgan fingerprint density at radius 3 is 3.00 bits per heavy atom. The fourth-order valence-corrected chi connectivity index (χ4v) is 1.07. The van der Waals surface area contributed by atoms with E-state index < -0.39 is 0 Å². The van der Waals surface area contributed by atoms with E-state index in [1.54, 1.807) is 18.3 Å². The van der Waals surface area contributed by atoms with Crippen LogP contribution < -0.4 is 0 Å². The van der Waals surface area contributed by atoms with E-state index in [0.29, 0.717) is 10.2 Å². The van der Waals surface area contributed by atoms with Crippen molar-refractivity contribution in [3.63, 3.8) is 0 Å². The van der Waals surface area contributed by atoms with E-state index in [1.165, 1.54) is 0 Å². The van der Waals surface area contributed by atoms with Crippen molar-refractivity contribution in [2.45, 2.75) is 0 Å². The summed E-state index contributed by atoms with van der Waals surface area (Å²) >= 11 is 8.67. The highest BCUT2D eigenvalue weighted by molar-refractivity contribution is 9.10. The topological polar surface area (TPSA) is 45.5 Å². The summed E-state index contributed by atoms with van der Waals surface area (Å²) in [5, 5.41) is 11.2. The minimum Gasteiger partial charge on any atom is -0.410 e. The van der Waals surface area contributed by atoms with E-state index in [-0.39, 0.29) is 5.17 Å². The molecule has 1 rings (SSSR count). The second kappa shape index (κ2) is 3.69. The van der Waals surface area contributed by atoms with Crippen LogP contribution in [0.5, 0.6) is 0 Å². The minimum absolute atomic E-state index is 0.0492. The van der Waals surface area contributed by atoms with Gasteiger partial charge < -0.3 is 5.21 Å². The molecule has 0 amide bonds. The lowest BCUT2D eigenvalue weighted by molar-refractivity contribution is 0.321. The third kappa shape index (κ3) is 2.17. The standard InChI is InChI=1S/C6H4BrClN2O/c7-5-3-4(1-2-9-5)6(8)10-11/h1-3,11H/b10-6+. The summed E-state index contributed by atoms with van der Waals surface area (Å²) < 4.78 is 0.650. The van der Waals surface area contributed by atoms with Gasteiger partial charge >= 0.3 is 0 Å². The van der Waals surface area contributed by atoms with Crippen molar-refractivity contribution in [3.8, 4) is 0 Å². The molecule has 1 aromatic heterocycles. The molecule has 11 heavy (non-hydrogen) atoms. The number of halogens is 2. The van der Waals surface area contributed by atoms with Gasteiger partial charge in [0.25, 0.3) is 0 Å². The molecule has 0 aromatic carbocycles. The van der Waals surface area contributed by atoms with Crippen LogP contribution in [-0.4, -0.2) is 15.4 Å². The molecule has 0 saturated carbocycles. The van der Waals surface area contributed by atoms with E-state index in [1.807, 2.05) is 0 Å². The van der Waals surface area contributed by atoms with Crippen LogP contribution in [0.1, 0.15) is 5.56 Å². The lowest BCUT2D eigenvalue weighted by Gasteiger charge is -1.94. The van der Waals surface area contributed by atoms with E-state index in [0.717, 1.165) is 0 Å². The fourth-order valence-electron chi connectivity index (χ4n) is 0.589. The van der Waals surface area contributed by atoms with Crippen LogP contribution in [-0.2, 0) is 0 Å². The number of rotatable bonds is 1. The minimum atomic E-state index is 0.0492. The molecule has 0 aliphatic heterocycles. The number of hydrogen-bond acceptors (Lipinski definition) is 3.